The van der Waals surface area contributed by atoms with Crippen LogP contribution in [0, 0.1) is 5.41 Å². The fourth-order valence-electron chi connectivity index (χ4n) is 3.56. The summed E-state index contributed by atoms with van der Waals surface area (Å²) in [7, 11) is 0. The van der Waals surface area contributed by atoms with Gasteiger partial charge in [0.15, 0.2) is 0 Å². The van der Waals surface area contributed by atoms with Crippen LogP contribution in [0.1, 0.15) is 37.0 Å². The summed E-state index contributed by atoms with van der Waals surface area (Å²) in [4.78, 5) is 13.2. The average molecular weight is 329 g/mol. The first kappa shape index (κ1) is 15.1. The van der Waals surface area contributed by atoms with Crippen LogP contribution in [0.4, 0.5) is 4.79 Å². The molecule has 1 aromatic rings. The van der Waals surface area contributed by atoms with Gasteiger partial charge in [0.25, 0.3) is 0 Å². The highest BCUT2D eigenvalue weighted by molar-refractivity contribution is 7.16. The van der Waals surface area contributed by atoms with Gasteiger partial charge in [0.1, 0.15) is 0 Å². The number of carbonyl (C=O) groups is 1. The van der Waals surface area contributed by atoms with Crippen molar-refractivity contribution >= 4 is 29.0 Å². The van der Waals surface area contributed by atoms with Crippen LogP contribution < -0.4 is 10.6 Å². The number of urea groups is 1. The molecule has 1 aromatic heterocycles. The van der Waals surface area contributed by atoms with Crippen LogP contribution in [-0.2, 0) is 11.3 Å². The van der Waals surface area contributed by atoms with Crippen molar-refractivity contribution in [1.82, 2.24) is 10.6 Å². The molecular weight excluding hydrogens is 308 g/mol. The summed E-state index contributed by atoms with van der Waals surface area (Å²) in [6.07, 6.45) is 5.63. The van der Waals surface area contributed by atoms with Crippen LogP contribution in [0.15, 0.2) is 12.1 Å². The smallest absolute Gasteiger partial charge is 0.315 e. The average Bonchev–Trinajstić information content (AvgIpc) is 3.05. The zero-order chi connectivity index (χ0) is 14.7. The van der Waals surface area contributed by atoms with E-state index < -0.39 is 0 Å². The minimum absolute atomic E-state index is 0.0720. The van der Waals surface area contributed by atoms with Gasteiger partial charge in [0.05, 0.1) is 10.9 Å². The molecule has 2 N–H and O–H groups in total. The lowest BCUT2D eigenvalue weighted by Gasteiger charge is -2.39. The number of rotatable bonds is 3. The highest BCUT2D eigenvalue weighted by atomic mass is 35.5. The van der Waals surface area contributed by atoms with E-state index in [-0.39, 0.29) is 17.5 Å². The van der Waals surface area contributed by atoms with E-state index in [1.165, 1.54) is 24.2 Å². The van der Waals surface area contributed by atoms with Crippen molar-refractivity contribution in [2.45, 2.75) is 44.7 Å². The summed E-state index contributed by atoms with van der Waals surface area (Å²) < 4.78 is 6.23. The summed E-state index contributed by atoms with van der Waals surface area (Å²) in [5.41, 5.74) is 0.266. The van der Waals surface area contributed by atoms with Crippen LogP contribution in [0.3, 0.4) is 0 Å². The second kappa shape index (κ2) is 6.55. The number of ether oxygens (including phenoxy) is 1. The molecule has 21 heavy (non-hydrogen) atoms. The third-order valence-electron chi connectivity index (χ3n) is 4.75. The highest BCUT2D eigenvalue weighted by Crippen LogP contribution is 2.45. The first-order valence-corrected chi connectivity index (χ1v) is 8.74. The van der Waals surface area contributed by atoms with Crippen molar-refractivity contribution in [3.05, 3.63) is 21.3 Å². The van der Waals surface area contributed by atoms with E-state index in [1.807, 2.05) is 12.1 Å². The zero-order valence-electron chi connectivity index (χ0n) is 12.0. The molecule has 0 radical (unpaired) electrons. The Morgan fingerprint density at radius 2 is 2.19 bits per heavy atom. The predicted molar refractivity (Wildman–Crippen MR) is 84.8 cm³/mol. The van der Waals surface area contributed by atoms with Crippen LogP contribution in [-0.4, -0.2) is 25.3 Å². The number of halogens is 1. The standard InChI is InChI=1S/C15H21ClN2O2S/c16-13-4-3-11(21-13)10-17-14(19)18-12-2-1-5-15(12)6-8-20-9-7-15/h3-4,12H,1-2,5-10H2,(H2,17,18,19)/t12-/m1/s1. The van der Waals surface area contributed by atoms with Gasteiger partial charge in [0.2, 0.25) is 0 Å². The molecule has 1 saturated heterocycles. The molecule has 2 amide bonds. The SMILES string of the molecule is O=C(NCc1ccc(Cl)s1)N[C@@H]1CCCC12CCOCC2. The Bertz CT molecular complexity index is 500. The molecule has 1 atom stereocenters. The quantitative estimate of drug-likeness (QED) is 0.891. The molecule has 2 heterocycles. The molecule has 1 aliphatic carbocycles. The van der Waals surface area contributed by atoms with Crippen molar-refractivity contribution in [1.29, 1.82) is 0 Å². The third kappa shape index (κ3) is 3.52. The van der Waals surface area contributed by atoms with Gasteiger partial charge in [-0.2, -0.15) is 0 Å². The highest BCUT2D eigenvalue weighted by Gasteiger charge is 2.44. The summed E-state index contributed by atoms with van der Waals surface area (Å²) in [5, 5.41) is 6.11. The van der Waals surface area contributed by atoms with Crippen LogP contribution in [0.25, 0.3) is 0 Å². The summed E-state index contributed by atoms with van der Waals surface area (Å²) in [6.45, 7) is 2.19. The van der Waals surface area contributed by atoms with Crippen molar-refractivity contribution in [2.24, 2.45) is 5.41 Å². The number of nitrogens with one attached hydrogen (secondary N) is 2. The number of amides is 2. The van der Waals surface area contributed by atoms with E-state index in [4.69, 9.17) is 16.3 Å². The largest absolute Gasteiger partial charge is 0.381 e. The van der Waals surface area contributed by atoms with E-state index in [9.17, 15) is 4.79 Å². The normalized spacial score (nSPS) is 24.1. The van der Waals surface area contributed by atoms with Crippen molar-refractivity contribution < 1.29 is 9.53 Å². The molecule has 1 aliphatic heterocycles. The molecule has 2 fully saturated rings. The van der Waals surface area contributed by atoms with Crippen molar-refractivity contribution in [3.8, 4) is 0 Å². The Morgan fingerprint density at radius 3 is 2.90 bits per heavy atom. The molecular formula is C15H21ClN2O2S. The molecule has 3 rings (SSSR count). The number of hydrogen-bond donors (Lipinski definition) is 2. The van der Waals surface area contributed by atoms with E-state index >= 15 is 0 Å². The van der Waals surface area contributed by atoms with Gasteiger partial charge in [-0.05, 0) is 43.2 Å². The fraction of sp³-hybridized carbons (Fsp3) is 0.667. The molecule has 2 aliphatic rings. The minimum Gasteiger partial charge on any atom is -0.381 e. The van der Waals surface area contributed by atoms with Gasteiger partial charge in [-0.25, -0.2) is 4.79 Å². The molecule has 6 heteroatoms. The molecule has 0 aromatic carbocycles. The first-order chi connectivity index (χ1) is 10.2. The molecule has 116 valence electrons. The lowest BCUT2D eigenvalue weighted by molar-refractivity contribution is 0.00624. The summed E-state index contributed by atoms with van der Waals surface area (Å²) in [6, 6.07) is 4.02. The Labute approximate surface area is 134 Å². The van der Waals surface area contributed by atoms with E-state index in [0.29, 0.717) is 6.54 Å². The summed E-state index contributed by atoms with van der Waals surface area (Å²) in [5.74, 6) is 0. The van der Waals surface area contributed by atoms with Crippen molar-refractivity contribution in [2.75, 3.05) is 13.2 Å². The van der Waals surface area contributed by atoms with Gasteiger partial charge < -0.3 is 15.4 Å². The van der Waals surface area contributed by atoms with Gasteiger partial charge in [-0.3, -0.25) is 0 Å². The second-order valence-electron chi connectivity index (χ2n) is 5.95. The van der Waals surface area contributed by atoms with E-state index in [2.05, 4.69) is 10.6 Å². The minimum atomic E-state index is -0.0720. The topological polar surface area (TPSA) is 50.4 Å². The monoisotopic (exact) mass is 328 g/mol. The fourth-order valence-corrected chi connectivity index (χ4v) is 4.59. The molecule has 0 bridgehead atoms. The maximum atomic E-state index is 12.1. The lowest BCUT2D eigenvalue weighted by atomic mass is 9.75. The van der Waals surface area contributed by atoms with Crippen LogP contribution >= 0.6 is 22.9 Å². The Balaban J connectivity index is 1.51. The van der Waals surface area contributed by atoms with Crippen LogP contribution in [0.2, 0.25) is 4.34 Å². The van der Waals surface area contributed by atoms with Gasteiger partial charge in [-0.1, -0.05) is 18.0 Å². The van der Waals surface area contributed by atoms with Gasteiger partial charge in [-0.15, -0.1) is 11.3 Å². The lowest BCUT2D eigenvalue weighted by Crippen LogP contribution is -2.50. The maximum Gasteiger partial charge on any atom is 0.315 e. The van der Waals surface area contributed by atoms with Crippen LogP contribution in [0.5, 0.6) is 0 Å². The maximum absolute atomic E-state index is 12.1. The second-order valence-corrected chi connectivity index (χ2v) is 7.75. The van der Waals surface area contributed by atoms with Gasteiger partial charge in [0, 0.05) is 24.1 Å². The molecule has 0 unspecified atom stereocenters. The van der Waals surface area contributed by atoms with Gasteiger partial charge >= 0.3 is 6.03 Å². The first-order valence-electron chi connectivity index (χ1n) is 7.54. The summed E-state index contributed by atoms with van der Waals surface area (Å²) >= 11 is 7.39. The molecule has 1 saturated carbocycles. The predicted octanol–water partition coefficient (Wildman–Crippen LogP) is 3.55. The number of thiophene rings is 1. The zero-order valence-corrected chi connectivity index (χ0v) is 13.6. The molecule has 1 spiro atoms. The van der Waals surface area contributed by atoms with Crippen molar-refractivity contribution in [3.63, 3.8) is 0 Å². The number of hydrogen-bond acceptors (Lipinski definition) is 3. The third-order valence-corrected chi connectivity index (χ3v) is 5.98. The Kier molecular flexibility index (Phi) is 4.72. The molecule has 4 nitrogen and oxygen atoms in total. The Morgan fingerprint density at radius 1 is 1.38 bits per heavy atom. The Hall–Kier alpha value is -0.780. The number of carbonyl (C=O) groups excluding carboxylic acids is 1. The van der Waals surface area contributed by atoms with E-state index in [0.717, 1.165) is 41.7 Å². The van der Waals surface area contributed by atoms with E-state index in [1.54, 1.807) is 0 Å².